The molecule has 5 nitrogen and oxygen atoms in total. The molecule has 1 heterocycles. The average Bonchev–Trinajstić information content (AvgIpc) is 2.53. The monoisotopic (exact) mass is 337 g/mol. The fourth-order valence-electron chi connectivity index (χ4n) is 2.75. The maximum atomic E-state index is 12.0. The maximum Gasteiger partial charge on any atom is 0.336 e. The second kappa shape index (κ2) is 6.09. The first-order chi connectivity index (χ1) is 11.8. The van der Waals surface area contributed by atoms with Crippen LogP contribution in [0, 0.1) is 6.92 Å². The Hall–Kier alpha value is -3.08. The maximum absolute atomic E-state index is 12.0. The quantitative estimate of drug-likeness (QED) is 0.702. The van der Waals surface area contributed by atoms with Gasteiger partial charge in [-0.25, -0.2) is 9.59 Å². The van der Waals surface area contributed by atoms with E-state index in [1.54, 1.807) is 26.0 Å². The molecule has 0 aliphatic heterocycles. The minimum atomic E-state index is -1.14. The molecule has 25 heavy (non-hydrogen) atoms. The third kappa shape index (κ3) is 3.26. The number of nitrogens with one attached hydrogen (secondary N) is 1. The van der Waals surface area contributed by atoms with Gasteiger partial charge in [0.1, 0.15) is 11.1 Å². The third-order valence-corrected chi connectivity index (χ3v) is 4.17. The second-order valence-corrected chi connectivity index (χ2v) is 6.56. The second-order valence-electron chi connectivity index (χ2n) is 6.56. The molecule has 0 saturated carbocycles. The summed E-state index contributed by atoms with van der Waals surface area (Å²) in [7, 11) is 0. The van der Waals surface area contributed by atoms with E-state index < -0.39 is 17.1 Å². The van der Waals surface area contributed by atoms with Gasteiger partial charge in [0.05, 0.1) is 0 Å². The number of carboxylic acids is 1. The van der Waals surface area contributed by atoms with Gasteiger partial charge in [-0.3, -0.25) is 0 Å². The summed E-state index contributed by atoms with van der Waals surface area (Å²) in [5.41, 5.74) is 2.23. The molecule has 0 atom stereocenters. The molecule has 5 heteroatoms. The standard InChI is InChI=1S/C20H19NO4/c1-12-6-4-5-7-14(12)16-11-18(22)25-17-10-13(8-9-15(16)17)21-20(2,3)19(23)24/h4-11,21H,1-3H3,(H,23,24). The van der Waals surface area contributed by atoms with Gasteiger partial charge < -0.3 is 14.8 Å². The van der Waals surface area contributed by atoms with E-state index in [1.807, 2.05) is 37.3 Å². The zero-order valence-corrected chi connectivity index (χ0v) is 14.3. The van der Waals surface area contributed by atoms with E-state index in [-0.39, 0.29) is 0 Å². The highest BCUT2D eigenvalue weighted by molar-refractivity contribution is 5.95. The van der Waals surface area contributed by atoms with Crippen molar-refractivity contribution in [1.82, 2.24) is 0 Å². The number of hydrogen-bond acceptors (Lipinski definition) is 4. The Morgan fingerprint density at radius 1 is 1.08 bits per heavy atom. The number of aryl methyl sites for hydroxylation is 1. The molecule has 0 bridgehead atoms. The van der Waals surface area contributed by atoms with Crippen LogP contribution in [-0.2, 0) is 4.79 Å². The Morgan fingerprint density at radius 3 is 2.48 bits per heavy atom. The molecule has 0 aliphatic carbocycles. The van der Waals surface area contributed by atoms with Gasteiger partial charge in [-0.2, -0.15) is 0 Å². The summed E-state index contributed by atoms with van der Waals surface area (Å²) in [6.07, 6.45) is 0. The number of carbonyl (C=O) groups is 1. The molecule has 0 aliphatic rings. The van der Waals surface area contributed by atoms with Crippen LogP contribution in [0.3, 0.4) is 0 Å². The topological polar surface area (TPSA) is 79.5 Å². The third-order valence-electron chi connectivity index (χ3n) is 4.17. The summed E-state index contributed by atoms with van der Waals surface area (Å²) in [6.45, 7) is 5.12. The highest BCUT2D eigenvalue weighted by Crippen LogP contribution is 2.31. The Balaban J connectivity index is 2.15. The first kappa shape index (κ1) is 16.8. The van der Waals surface area contributed by atoms with Crippen molar-refractivity contribution in [3.8, 4) is 11.1 Å². The largest absolute Gasteiger partial charge is 0.480 e. The average molecular weight is 337 g/mol. The highest BCUT2D eigenvalue weighted by Gasteiger charge is 2.26. The summed E-state index contributed by atoms with van der Waals surface area (Å²) in [5.74, 6) is -0.970. The molecule has 0 spiro atoms. The fraction of sp³-hybridized carbons (Fsp3) is 0.200. The van der Waals surface area contributed by atoms with Gasteiger partial charge in [-0.15, -0.1) is 0 Å². The molecule has 128 valence electrons. The fourth-order valence-corrected chi connectivity index (χ4v) is 2.75. The summed E-state index contributed by atoms with van der Waals surface area (Å²) < 4.78 is 5.34. The summed E-state index contributed by atoms with van der Waals surface area (Å²) in [6, 6.07) is 14.6. The van der Waals surface area contributed by atoms with Gasteiger partial charge in [0.15, 0.2) is 0 Å². The lowest BCUT2D eigenvalue weighted by Gasteiger charge is -2.22. The number of anilines is 1. The highest BCUT2D eigenvalue weighted by atomic mass is 16.4. The van der Waals surface area contributed by atoms with Gasteiger partial charge >= 0.3 is 11.6 Å². The van der Waals surface area contributed by atoms with Gasteiger partial charge in [-0.05, 0) is 44.0 Å². The molecule has 1 aromatic heterocycles. The molecule has 0 unspecified atom stereocenters. The molecule has 3 rings (SSSR count). The van der Waals surface area contributed by atoms with Crippen LogP contribution in [0.1, 0.15) is 19.4 Å². The normalized spacial score (nSPS) is 11.5. The van der Waals surface area contributed by atoms with Crippen LogP contribution < -0.4 is 10.9 Å². The molecule has 0 radical (unpaired) electrons. The molecule has 0 saturated heterocycles. The molecule has 0 amide bonds. The number of rotatable bonds is 4. The van der Waals surface area contributed by atoms with Crippen molar-refractivity contribution in [2.75, 3.05) is 5.32 Å². The van der Waals surface area contributed by atoms with Crippen molar-refractivity contribution in [2.24, 2.45) is 0 Å². The molecule has 2 aromatic carbocycles. The zero-order valence-electron chi connectivity index (χ0n) is 14.3. The molecular formula is C20H19NO4. The van der Waals surface area contributed by atoms with E-state index in [0.717, 1.165) is 22.1 Å². The molecule has 3 aromatic rings. The SMILES string of the molecule is Cc1ccccc1-c1cc(=O)oc2cc(NC(C)(C)C(=O)O)ccc12. The predicted octanol–water partition coefficient (Wildman–Crippen LogP) is 4.04. The molecule has 0 fully saturated rings. The van der Waals surface area contributed by atoms with Crippen molar-refractivity contribution < 1.29 is 14.3 Å². The van der Waals surface area contributed by atoms with Gasteiger partial charge in [-0.1, -0.05) is 24.3 Å². The van der Waals surface area contributed by atoms with E-state index in [2.05, 4.69) is 5.32 Å². The summed E-state index contributed by atoms with van der Waals surface area (Å²) >= 11 is 0. The predicted molar refractivity (Wildman–Crippen MR) is 98.0 cm³/mol. The van der Waals surface area contributed by atoms with Crippen molar-refractivity contribution in [1.29, 1.82) is 0 Å². The Bertz CT molecular complexity index is 1020. The summed E-state index contributed by atoms with van der Waals surface area (Å²) in [4.78, 5) is 23.3. The summed E-state index contributed by atoms with van der Waals surface area (Å²) in [5, 5.41) is 13.0. The Kier molecular flexibility index (Phi) is 4.08. The van der Waals surface area contributed by atoms with Crippen LogP contribution >= 0.6 is 0 Å². The number of benzene rings is 2. The van der Waals surface area contributed by atoms with Crippen molar-refractivity contribution >= 4 is 22.6 Å². The lowest BCUT2D eigenvalue weighted by Crippen LogP contribution is -2.39. The lowest BCUT2D eigenvalue weighted by molar-refractivity contribution is -0.141. The molecule has 2 N–H and O–H groups in total. The number of carboxylic acid groups (broad SMARTS) is 1. The van der Waals surface area contributed by atoms with Gasteiger partial charge in [0.2, 0.25) is 0 Å². The number of fused-ring (bicyclic) bond motifs is 1. The van der Waals surface area contributed by atoms with Crippen LogP contribution in [0.5, 0.6) is 0 Å². The number of hydrogen-bond donors (Lipinski definition) is 2. The van der Waals surface area contributed by atoms with Crippen molar-refractivity contribution in [3.63, 3.8) is 0 Å². The Labute approximate surface area is 144 Å². The van der Waals surface area contributed by atoms with Crippen LogP contribution in [0.15, 0.2) is 57.7 Å². The van der Waals surface area contributed by atoms with Gasteiger partial charge in [0.25, 0.3) is 0 Å². The van der Waals surface area contributed by atoms with E-state index in [0.29, 0.717) is 11.3 Å². The molecular weight excluding hydrogens is 318 g/mol. The first-order valence-corrected chi connectivity index (χ1v) is 7.93. The van der Waals surface area contributed by atoms with Crippen LogP contribution in [-0.4, -0.2) is 16.6 Å². The zero-order chi connectivity index (χ0) is 18.2. The van der Waals surface area contributed by atoms with Crippen molar-refractivity contribution in [2.45, 2.75) is 26.3 Å². The first-order valence-electron chi connectivity index (χ1n) is 7.93. The lowest BCUT2D eigenvalue weighted by atomic mass is 9.97. The van der Waals surface area contributed by atoms with Crippen LogP contribution in [0.4, 0.5) is 5.69 Å². The van der Waals surface area contributed by atoms with Crippen LogP contribution in [0.2, 0.25) is 0 Å². The van der Waals surface area contributed by atoms with Crippen molar-refractivity contribution in [3.05, 3.63) is 64.5 Å². The van der Waals surface area contributed by atoms with E-state index in [1.165, 1.54) is 6.07 Å². The van der Waals surface area contributed by atoms with E-state index in [4.69, 9.17) is 4.42 Å². The Morgan fingerprint density at radius 2 is 1.80 bits per heavy atom. The van der Waals surface area contributed by atoms with E-state index in [9.17, 15) is 14.7 Å². The van der Waals surface area contributed by atoms with E-state index >= 15 is 0 Å². The minimum absolute atomic E-state index is 0.414. The smallest absolute Gasteiger partial charge is 0.336 e. The van der Waals surface area contributed by atoms with Gasteiger partial charge in [0, 0.05) is 28.8 Å². The number of aliphatic carboxylic acids is 1. The van der Waals surface area contributed by atoms with Crippen LogP contribution in [0.25, 0.3) is 22.1 Å². The minimum Gasteiger partial charge on any atom is -0.480 e.